The monoisotopic (exact) mass is 265 g/mol. The van der Waals surface area contributed by atoms with Gasteiger partial charge < -0.3 is 10.2 Å². The number of hydrogen-bond donors (Lipinski definition) is 1. The van der Waals surface area contributed by atoms with Crippen LogP contribution in [0, 0.1) is 6.92 Å². The van der Waals surface area contributed by atoms with E-state index < -0.39 is 0 Å². The molecular formula is C15H27N3O. The molecule has 1 aromatic heterocycles. The van der Waals surface area contributed by atoms with E-state index in [1.54, 1.807) is 0 Å². The summed E-state index contributed by atoms with van der Waals surface area (Å²) in [5.74, 6) is 2.02. The summed E-state index contributed by atoms with van der Waals surface area (Å²) in [7, 11) is 0. The fraction of sp³-hybridized carbons (Fsp3) is 0.733. The third-order valence-corrected chi connectivity index (χ3v) is 4.29. The Balaban J connectivity index is 1.85. The van der Waals surface area contributed by atoms with Crippen molar-refractivity contribution < 1.29 is 4.42 Å². The maximum Gasteiger partial charge on any atom is 0.118 e. The second kappa shape index (κ2) is 6.55. The molecule has 2 heterocycles. The van der Waals surface area contributed by atoms with E-state index in [-0.39, 0.29) is 0 Å². The van der Waals surface area contributed by atoms with Gasteiger partial charge in [0.1, 0.15) is 11.5 Å². The largest absolute Gasteiger partial charge is 0.465 e. The van der Waals surface area contributed by atoms with Gasteiger partial charge in [-0.25, -0.2) is 0 Å². The normalized spacial score (nSPS) is 19.8. The zero-order valence-electron chi connectivity index (χ0n) is 12.5. The third-order valence-electron chi connectivity index (χ3n) is 4.29. The summed E-state index contributed by atoms with van der Waals surface area (Å²) in [6.45, 7) is 12.6. The Bertz CT molecular complexity index is 394. The van der Waals surface area contributed by atoms with E-state index in [4.69, 9.17) is 10.2 Å². The van der Waals surface area contributed by atoms with E-state index in [1.165, 1.54) is 19.5 Å². The molecule has 0 bridgehead atoms. The first-order chi connectivity index (χ1) is 9.13. The molecule has 0 radical (unpaired) electrons. The lowest BCUT2D eigenvalue weighted by Crippen LogP contribution is -2.48. The maximum atomic E-state index is 5.77. The van der Waals surface area contributed by atoms with Crippen LogP contribution >= 0.6 is 0 Å². The molecule has 1 fully saturated rings. The summed E-state index contributed by atoms with van der Waals surface area (Å²) in [5.41, 5.74) is 6.82. The molecule has 108 valence electrons. The number of piperazine rings is 1. The van der Waals surface area contributed by atoms with Gasteiger partial charge in [-0.15, -0.1) is 0 Å². The highest BCUT2D eigenvalue weighted by Gasteiger charge is 2.21. The molecule has 19 heavy (non-hydrogen) atoms. The Labute approximate surface area is 116 Å². The molecule has 0 aliphatic carbocycles. The minimum Gasteiger partial charge on any atom is -0.465 e. The van der Waals surface area contributed by atoms with Gasteiger partial charge in [-0.05, 0) is 26.3 Å². The third kappa shape index (κ3) is 3.59. The Morgan fingerprint density at radius 1 is 1.32 bits per heavy atom. The molecule has 0 saturated carbocycles. The Hall–Kier alpha value is -0.840. The summed E-state index contributed by atoms with van der Waals surface area (Å²) in [6.07, 6.45) is 1.23. The lowest BCUT2D eigenvalue weighted by atomic mass is 10.2. The van der Waals surface area contributed by atoms with Crippen LogP contribution in [0.2, 0.25) is 0 Å². The number of aryl methyl sites for hydroxylation is 1. The zero-order chi connectivity index (χ0) is 13.8. The average molecular weight is 265 g/mol. The van der Waals surface area contributed by atoms with E-state index in [9.17, 15) is 0 Å². The van der Waals surface area contributed by atoms with Gasteiger partial charge in [0.15, 0.2) is 0 Å². The fourth-order valence-electron chi connectivity index (χ4n) is 2.71. The summed E-state index contributed by atoms with van der Waals surface area (Å²) >= 11 is 0. The van der Waals surface area contributed by atoms with Gasteiger partial charge in [-0.1, -0.05) is 6.92 Å². The smallest absolute Gasteiger partial charge is 0.118 e. The fourth-order valence-corrected chi connectivity index (χ4v) is 2.71. The topological polar surface area (TPSA) is 45.6 Å². The van der Waals surface area contributed by atoms with E-state index in [2.05, 4.69) is 29.7 Å². The summed E-state index contributed by atoms with van der Waals surface area (Å²) < 4.78 is 5.77. The van der Waals surface area contributed by atoms with Gasteiger partial charge in [-0.2, -0.15) is 0 Å². The van der Waals surface area contributed by atoms with Crippen molar-refractivity contribution in [1.29, 1.82) is 0 Å². The Morgan fingerprint density at radius 3 is 2.53 bits per heavy atom. The molecule has 1 unspecified atom stereocenters. The van der Waals surface area contributed by atoms with Gasteiger partial charge in [0, 0.05) is 44.3 Å². The molecule has 0 spiro atoms. The maximum absolute atomic E-state index is 5.77. The molecule has 1 aliphatic heterocycles. The summed E-state index contributed by atoms with van der Waals surface area (Å²) in [5, 5.41) is 0. The second-order valence-corrected chi connectivity index (χ2v) is 5.57. The predicted molar refractivity (Wildman–Crippen MR) is 77.9 cm³/mol. The number of hydrogen-bond acceptors (Lipinski definition) is 4. The lowest BCUT2D eigenvalue weighted by molar-refractivity contribution is 0.0918. The molecule has 1 aromatic rings. The highest BCUT2D eigenvalue weighted by Crippen LogP contribution is 2.17. The van der Waals surface area contributed by atoms with Gasteiger partial charge >= 0.3 is 0 Å². The molecule has 2 N–H and O–H groups in total. The lowest BCUT2D eigenvalue weighted by Gasteiger charge is -2.37. The van der Waals surface area contributed by atoms with Crippen molar-refractivity contribution in [1.82, 2.24) is 9.80 Å². The first kappa shape index (κ1) is 14.6. The number of rotatable bonds is 5. The van der Waals surface area contributed by atoms with Crippen LogP contribution in [0.5, 0.6) is 0 Å². The van der Waals surface area contributed by atoms with E-state index >= 15 is 0 Å². The van der Waals surface area contributed by atoms with Crippen LogP contribution in [0.1, 0.15) is 37.4 Å². The van der Waals surface area contributed by atoms with Crippen LogP contribution in [0.25, 0.3) is 0 Å². The minimum absolute atomic E-state index is 0.567. The van der Waals surface area contributed by atoms with E-state index in [1.807, 2.05) is 6.92 Å². The van der Waals surface area contributed by atoms with Gasteiger partial charge in [-0.3, -0.25) is 9.80 Å². The van der Waals surface area contributed by atoms with Crippen LogP contribution in [0.15, 0.2) is 10.5 Å². The van der Waals surface area contributed by atoms with Crippen molar-refractivity contribution in [2.75, 3.05) is 26.2 Å². The first-order valence-corrected chi connectivity index (χ1v) is 7.38. The highest BCUT2D eigenvalue weighted by molar-refractivity contribution is 5.20. The number of nitrogens with zero attached hydrogens (tertiary/aromatic N) is 2. The van der Waals surface area contributed by atoms with Crippen LogP contribution < -0.4 is 5.73 Å². The molecule has 1 aliphatic rings. The molecule has 2 rings (SSSR count). The number of furan rings is 1. The molecule has 1 saturated heterocycles. The van der Waals surface area contributed by atoms with E-state index in [0.717, 1.165) is 36.7 Å². The summed E-state index contributed by atoms with van der Waals surface area (Å²) in [4.78, 5) is 5.05. The number of nitrogens with two attached hydrogens (primary N) is 1. The highest BCUT2D eigenvalue weighted by atomic mass is 16.3. The molecule has 0 amide bonds. The predicted octanol–water partition coefficient (Wildman–Crippen LogP) is 1.96. The van der Waals surface area contributed by atoms with Crippen molar-refractivity contribution >= 4 is 0 Å². The van der Waals surface area contributed by atoms with Gasteiger partial charge in [0.2, 0.25) is 0 Å². The standard InChI is InChI=1S/C15H27N3O/c1-4-12(2)18-7-5-17(6-8-18)11-15-9-14(10-16)13(3)19-15/h9,12H,4-8,10-11,16H2,1-3H3. The Kier molecular flexibility index (Phi) is 5.02. The van der Waals surface area contributed by atoms with Crippen molar-refractivity contribution in [2.45, 2.75) is 46.3 Å². The molecule has 4 heteroatoms. The zero-order valence-corrected chi connectivity index (χ0v) is 12.5. The quantitative estimate of drug-likeness (QED) is 0.884. The van der Waals surface area contributed by atoms with Crippen molar-refractivity contribution in [3.8, 4) is 0 Å². The van der Waals surface area contributed by atoms with Crippen molar-refractivity contribution in [3.63, 3.8) is 0 Å². The molecule has 0 aromatic carbocycles. The van der Waals surface area contributed by atoms with Crippen LogP contribution in [0.3, 0.4) is 0 Å². The minimum atomic E-state index is 0.567. The van der Waals surface area contributed by atoms with Crippen LogP contribution in [-0.4, -0.2) is 42.0 Å². The molecule has 1 atom stereocenters. The van der Waals surface area contributed by atoms with Crippen LogP contribution in [-0.2, 0) is 13.1 Å². The van der Waals surface area contributed by atoms with Crippen molar-refractivity contribution in [2.24, 2.45) is 5.73 Å². The SMILES string of the molecule is CCC(C)N1CCN(Cc2cc(CN)c(C)o2)CC1. The van der Waals surface area contributed by atoms with Crippen LogP contribution in [0.4, 0.5) is 0 Å². The summed E-state index contributed by atoms with van der Waals surface area (Å²) in [6, 6.07) is 2.81. The Morgan fingerprint density at radius 2 is 2.00 bits per heavy atom. The van der Waals surface area contributed by atoms with E-state index in [0.29, 0.717) is 12.6 Å². The van der Waals surface area contributed by atoms with Gasteiger partial charge in [0.05, 0.1) is 6.54 Å². The average Bonchev–Trinajstić information content (AvgIpc) is 2.78. The van der Waals surface area contributed by atoms with Crippen molar-refractivity contribution in [3.05, 3.63) is 23.2 Å². The first-order valence-electron chi connectivity index (χ1n) is 7.38. The second-order valence-electron chi connectivity index (χ2n) is 5.57. The van der Waals surface area contributed by atoms with Gasteiger partial charge in [0.25, 0.3) is 0 Å². The molecular weight excluding hydrogens is 238 g/mol. The molecule has 4 nitrogen and oxygen atoms in total.